The number of benzene rings is 1. The van der Waals surface area contributed by atoms with E-state index in [-0.39, 0.29) is 19.0 Å². The molecule has 0 unspecified atom stereocenters. The highest BCUT2D eigenvalue weighted by Gasteiger charge is 2.22. The summed E-state index contributed by atoms with van der Waals surface area (Å²) in [5.74, 6) is -0.549. The molecule has 0 aliphatic heterocycles. The highest BCUT2D eigenvalue weighted by Crippen LogP contribution is 2.13. The number of hydrogen-bond donors (Lipinski definition) is 2. The molecule has 0 aromatic heterocycles. The SMILES string of the molecule is CCOC(=O)CO/N=C(\N)[C@H](Cc1ccc(Br)cc1)NC(=O)OC(C)(C)C. The number of carbonyl (C=O) groups excluding carboxylic acids is 2. The third-order valence-corrected chi connectivity index (χ3v) is 3.59. The van der Waals surface area contributed by atoms with E-state index in [9.17, 15) is 9.59 Å². The first-order valence-corrected chi connectivity index (χ1v) is 9.25. The number of amidine groups is 1. The summed E-state index contributed by atoms with van der Waals surface area (Å²) in [7, 11) is 0. The number of rotatable bonds is 8. The fourth-order valence-electron chi connectivity index (χ4n) is 1.96. The van der Waals surface area contributed by atoms with E-state index >= 15 is 0 Å². The Morgan fingerprint density at radius 2 is 1.89 bits per heavy atom. The molecule has 1 amide bonds. The van der Waals surface area contributed by atoms with Gasteiger partial charge in [0.05, 0.1) is 12.6 Å². The van der Waals surface area contributed by atoms with Gasteiger partial charge >= 0.3 is 12.1 Å². The van der Waals surface area contributed by atoms with Gasteiger partial charge in [-0.05, 0) is 45.4 Å². The number of nitrogens with zero attached hydrogens (tertiary/aromatic N) is 1. The Morgan fingerprint density at radius 1 is 1.26 bits per heavy atom. The van der Waals surface area contributed by atoms with Gasteiger partial charge in [0.1, 0.15) is 5.60 Å². The van der Waals surface area contributed by atoms with Crippen molar-refractivity contribution in [2.75, 3.05) is 13.2 Å². The maximum absolute atomic E-state index is 12.1. The van der Waals surface area contributed by atoms with Gasteiger partial charge in [-0.2, -0.15) is 0 Å². The molecule has 0 aliphatic carbocycles. The maximum atomic E-state index is 12.1. The quantitative estimate of drug-likeness (QED) is 0.276. The molecule has 0 saturated heterocycles. The molecule has 9 heteroatoms. The summed E-state index contributed by atoms with van der Waals surface area (Å²) in [5.41, 5.74) is 6.23. The average molecular weight is 444 g/mol. The molecular formula is C18H26BrN3O5. The van der Waals surface area contributed by atoms with Crippen LogP contribution in [0.3, 0.4) is 0 Å². The van der Waals surface area contributed by atoms with Crippen LogP contribution in [-0.4, -0.2) is 42.8 Å². The van der Waals surface area contributed by atoms with E-state index in [1.807, 2.05) is 24.3 Å². The van der Waals surface area contributed by atoms with Crippen molar-refractivity contribution in [2.45, 2.75) is 45.8 Å². The van der Waals surface area contributed by atoms with E-state index in [0.717, 1.165) is 10.0 Å². The smallest absolute Gasteiger partial charge is 0.408 e. The lowest BCUT2D eigenvalue weighted by atomic mass is 10.1. The van der Waals surface area contributed by atoms with Gasteiger partial charge in [0, 0.05) is 10.9 Å². The minimum atomic E-state index is -0.678. The largest absolute Gasteiger partial charge is 0.463 e. The first-order valence-electron chi connectivity index (χ1n) is 8.45. The van der Waals surface area contributed by atoms with Gasteiger partial charge in [-0.1, -0.05) is 33.2 Å². The van der Waals surface area contributed by atoms with E-state index in [0.29, 0.717) is 6.42 Å². The molecule has 0 saturated carbocycles. The molecule has 0 spiro atoms. The van der Waals surface area contributed by atoms with E-state index in [1.165, 1.54) is 0 Å². The highest BCUT2D eigenvalue weighted by molar-refractivity contribution is 9.10. The van der Waals surface area contributed by atoms with Crippen molar-refractivity contribution in [1.29, 1.82) is 0 Å². The van der Waals surface area contributed by atoms with E-state index in [1.54, 1.807) is 27.7 Å². The first-order chi connectivity index (χ1) is 12.6. The molecule has 8 nitrogen and oxygen atoms in total. The molecule has 0 aliphatic rings. The van der Waals surface area contributed by atoms with Gasteiger partial charge in [0.2, 0.25) is 6.61 Å². The Bertz CT molecular complexity index is 656. The third-order valence-electron chi connectivity index (χ3n) is 3.06. The molecule has 1 aromatic rings. The van der Waals surface area contributed by atoms with Crippen LogP contribution < -0.4 is 11.1 Å². The fourth-order valence-corrected chi connectivity index (χ4v) is 2.23. The van der Waals surface area contributed by atoms with Crippen molar-refractivity contribution in [2.24, 2.45) is 10.9 Å². The number of oxime groups is 1. The second-order valence-electron chi connectivity index (χ2n) is 6.62. The summed E-state index contributed by atoms with van der Waals surface area (Å²) >= 11 is 3.37. The number of amides is 1. The lowest BCUT2D eigenvalue weighted by molar-refractivity contribution is -0.148. The van der Waals surface area contributed by atoms with Crippen LogP contribution in [-0.2, 0) is 25.5 Å². The summed E-state index contributed by atoms with van der Waals surface area (Å²) < 4.78 is 10.9. The molecule has 1 rings (SSSR count). The standard InChI is InChI=1S/C18H26BrN3O5/c1-5-25-15(23)11-26-22-16(20)14(21-17(24)27-18(2,3)4)10-12-6-8-13(19)9-7-12/h6-9,14H,5,10-11H2,1-4H3,(H2,20,22)(H,21,24)/t14-/m0/s1. The van der Waals surface area contributed by atoms with Gasteiger partial charge < -0.3 is 25.4 Å². The minimum absolute atomic E-state index is 0.00748. The van der Waals surface area contributed by atoms with Gasteiger partial charge in [-0.15, -0.1) is 0 Å². The van der Waals surface area contributed by atoms with Crippen LogP contribution in [0.5, 0.6) is 0 Å². The van der Waals surface area contributed by atoms with E-state index in [4.69, 9.17) is 20.0 Å². The van der Waals surface area contributed by atoms with Gasteiger partial charge in [-0.3, -0.25) is 0 Å². The summed E-state index contributed by atoms with van der Waals surface area (Å²) in [6, 6.07) is 6.86. The van der Waals surface area contributed by atoms with Crippen LogP contribution in [0, 0.1) is 0 Å². The van der Waals surface area contributed by atoms with Crippen LogP contribution in [0.4, 0.5) is 4.79 Å². The predicted octanol–water partition coefficient (Wildman–Crippen LogP) is 2.74. The summed E-state index contributed by atoms with van der Waals surface area (Å²) in [4.78, 5) is 28.3. The minimum Gasteiger partial charge on any atom is -0.463 e. The van der Waals surface area contributed by atoms with Crippen LogP contribution in [0.1, 0.15) is 33.3 Å². The van der Waals surface area contributed by atoms with Gasteiger partial charge in [0.15, 0.2) is 5.84 Å². The summed E-state index contributed by atoms with van der Waals surface area (Å²) in [6.07, 6.45) is -0.266. The Balaban J connectivity index is 2.83. The zero-order chi connectivity index (χ0) is 20.4. The Kier molecular flexibility index (Phi) is 9.07. The van der Waals surface area contributed by atoms with E-state index < -0.39 is 23.7 Å². The van der Waals surface area contributed by atoms with Crippen molar-refractivity contribution in [1.82, 2.24) is 5.32 Å². The molecule has 0 radical (unpaired) electrons. The van der Waals surface area contributed by atoms with Crippen molar-refractivity contribution in [3.8, 4) is 0 Å². The number of halogens is 1. The van der Waals surface area contributed by atoms with Crippen LogP contribution in [0.2, 0.25) is 0 Å². The van der Waals surface area contributed by atoms with E-state index in [2.05, 4.69) is 26.4 Å². The fraction of sp³-hybridized carbons (Fsp3) is 0.500. The van der Waals surface area contributed by atoms with Gasteiger partial charge in [0.25, 0.3) is 0 Å². The molecule has 0 heterocycles. The van der Waals surface area contributed by atoms with Crippen LogP contribution >= 0.6 is 15.9 Å². The first kappa shape index (κ1) is 22.8. The van der Waals surface area contributed by atoms with Gasteiger partial charge in [-0.25, -0.2) is 9.59 Å². The molecule has 1 aromatic carbocycles. The lowest BCUT2D eigenvalue weighted by Gasteiger charge is -2.23. The molecular weight excluding hydrogens is 418 g/mol. The second kappa shape index (κ2) is 10.8. The van der Waals surface area contributed by atoms with Crippen LogP contribution in [0.15, 0.2) is 33.9 Å². The maximum Gasteiger partial charge on any atom is 0.408 e. The number of nitrogens with one attached hydrogen (secondary N) is 1. The number of nitrogens with two attached hydrogens (primary N) is 1. The number of hydrogen-bond acceptors (Lipinski definition) is 6. The summed E-state index contributed by atoms with van der Waals surface area (Å²) in [6.45, 7) is 6.84. The molecule has 1 atom stereocenters. The molecule has 3 N–H and O–H groups in total. The third kappa shape index (κ3) is 9.83. The number of esters is 1. The van der Waals surface area contributed by atoms with Crippen molar-refractivity contribution in [3.05, 3.63) is 34.3 Å². The average Bonchev–Trinajstić information content (AvgIpc) is 2.54. The monoisotopic (exact) mass is 443 g/mol. The Hall–Kier alpha value is -2.29. The molecule has 27 heavy (non-hydrogen) atoms. The molecule has 0 bridgehead atoms. The number of ether oxygens (including phenoxy) is 2. The lowest BCUT2D eigenvalue weighted by Crippen LogP contribution is -2.47. The molecule has 150 valence electrons. The van der Waals surface area contributed by atoms with Crippen molar-refractivity contribution >= 4 is 33.8 Å². The Morgan fingerprint density at radius 3 is 2.44 bits per heavy atom. The summed E-state index contributed by atoms with van der Waals surface area (Å²) in [5, 5.41) is 6.40. The zero-order valence-corrected chi connectivity index (χ0v) is 17.5. The Labute approximate surface area is 167 Å². The van der Waals surface area contributed by atoms with Crippen molar-refractivity contribution < 1.29 is 23.9 Å². The number of alkyl carbamates (subject to hydrolysis) is 1. The second-order valence-corrected chi connectivity index (χ2v) is 7.54. The zero-order valence-electron chi connectivity index (χ0n) is 16.0. The van der Waals surface area contributed by atoms with Crippen molar-refractivity contribution in [3.63, 3.8) is 0 Å². The normalized spacial score (nSPS) is 12.9. The topological polar surface area (TPSA) is 112 Å². The predicted molar refractivity (Wildman–Crippen MR) is 105 cm³/mol. The number of carbonyl (C=O) groups is 2. The van der Waals surface area contributed by atoms with Crippen LogP contribution in [0.25, 0.3) is 0 Å². The molecule has 0 fully saturated rings. The highest BCUT2D eigenvalue weighted by atomic mass is 79.9.